The number of benzene rings is 2. The van der Waals surface area contributed by atoms with Gasteiger partial charge in [-0.05, 0) is 31.0 Å². The first-order valence-electron chi connectivity index (χ1n) is 8.92. The second kappa shape index (κ2) is 7.99. The van der Waals surface area contributed by atoms with Gasteiger partial charge in [0, 0.05) is 23.6 Å². The third kappa shape index (κ3) is 3.91. The molecule has 1 amide bonds. The van der Waals surface area contributed by atoms with Crippen molar-refractivity contribution >= 4 is 16.8 Å². The van der Waals surface area contributed by atoms with Crippen LogP contribution in [0.4, 0.5) is 0 Å². The van der Waals surface area contributed by atoms with Crippen molar-refractivity contribution in [2.75, 3.05) is 13.1 Å². The molecular formula is C21H26N3O+. The van der Waals surface area contributed by atoms with Gasteiger partial charge in [-0.2, -0.15) is 0 Å². The minimum absolute atomic E-state index is 0.0910. The average molecular weight is 336 g/mol. The maximum Gasteiger partial charge on any atom is 0.277 e. The van der Waals surface area contributed by atoms with E-state index in [1.54, 1.807) is 0 Å². The van der Waals surface area contributed by atoms with Crippen LogP contribution in [0.5, 0.6) is 0 Å². The van der Waals surface area contributed by atoms with Gasteiger partial charge in [-0.3, -0.25) is 4.79 Å². The number of nitrogens with two attached hydrogens (primary N) is 1. The highest BCUT2D eigenvalue weighted by atomic mass is 16.2. The summed E-state index contributed by atoms with van der Waals surface area (Å²) in [5, 5.41) is 6.27. The maximum atomic E-state index is 12.0. The number of carbonyl (C=O) groups excluding carboxylic acids is 1. The number of hydrogen-bond donors (Lipinski definition) is 3. The minimum Gasteiger partial charge on any atom is -0.361 e. The summed E-state index contributed by atoms with van der Waals surface area (Å²) < 4.78 is 0. The number of aromatic nitrogens is 1. The fourth-order valence-electron chi connectivity index (χ4n) is 3.29. The quantitative estimate of drug-likeness (QED) is 0.609. The highest BCUT2D eigenvalue weighted by Gasteiger charge is 2.23. The molecule has 4 N–H and O–H groups in total. The number of nitrogens with one attached hydrogen (secondary N) is 2. The van der Waals surface area contributed by atoms with Crippen LogP contribution in [-0.2, 0) is 4.79 Å². The van der Waals surface area contributed by atoms with Crippen LogP contribution >= 0.6 is 0 Å². The number of rotatable bonds is 7. The van der Waals surface area contributed by atoms with Crippen LogP contribution in [0.2, 0.25) is 0 Å². The Kier molecular flexibility index (Phi) is 5.51. The van der Waals surface area contributed by atoms with E-state index in [4.69, 9.17) is 0 Å². The van der Waals surface area contributed by atoms with Crippen LogP contribution in [-0.4, -0.2) is 30.0 Å². The molecule has 0 spiro atoms. The monoisotopic (exact) mass is 336 g/mol. The average Bonchev–Trinajstić information content (AvgIpc) is 3.07. The lowest BCUT2D eigenvalue weighted by Gasteiger charge is -2.18. The zero-order chi connectivity index (χ0) is 17.6. The van der Waals surface area contributed by atoms with Crippen molar-refractivity contribution in [1.82, 2.24) is 10.3 Å². The molecule has 3 aromatic rings. The molecular weight excluding hydrogens is 310 g/mol. The van der Waals surface area contributed by atoms with E-state index < -0.39 is 0 Å². The second-order valence-electron chi connectivity index (χ2n) is 6.41. The number of amides is 1. The van der Waals surface area contributed by atoms with Gasteiger partial charge in [0.2, 0.25) is 0 Å². The zero-order valence-electron chi connectivity index (χ0n) is 14.8. The van der Waals surface area contributed by atoms with E-state index in [2.05, 4.69) is 64.3 Å². The molecule has 130 valence electrons. The van der Waals surface area contributed by atoms with E-state index in [9.17, 15) is 4.79 Å². The molecule has 1 aromatic heterocycles. The second-order valence-corrected chi connectivity index (χ2v) is 6.41. The number of aromatic amines is 1. The van der Waals surface area contributed by atoms with Crippen LogP contribution in [0, 0.1) is 0 Å². The van der Waals surface area contributed by atoms with Gasteiger partial charge in [0.15, 0.2) is 6.04 Å². The Morgan fingerprint density at radius 2 is 1.84 bits per heavy atom. The van der Waals surface area contributed by atoms with Crippen molar-refractivity contribution in [3.63, 3.8) is 0 Å². The van der Waals surface area contributed by atoms with Crippen LogP contribution < -0.4 is 10.6 Å². The Hall–Kier alpha value is -2.59. The molecule has 0 bridgehead atoms. The van der Waals surface area contributed by atoms with E-state index >= 15 is 0 Å². The molecule has 0 fully saturated rings. The van der Waals surface area contributed by atoms with E-state index in [0.717, 1.165) is 12.1 Å². The third-order valence-corrected chi connectivity index (χ3v) is 4.69. The summed E-state index contributed by atoms with van der Waals surface area (Å²) in [6, 6.07) is 18.8. The lowest BCUT2D eigenvalue weighted by Crippen LogP contribution is -2.92. The Morgan fingerprint density at radius 1 is 1.12 bits per heavy atom. The highest BCUT2D eigenvalue weighted by Crippen LogP contribution is 2.29. The van der Waals surface area contributed by atoms with Crippen molar-refractivity contribution in [2.24, 2.45) is 0 Å². The number of likely N-dealkylation sites (N-methyl/N-ethyl adjacent to an activating group) is 1. The molecule has 3 rings (SSSR count). The van der Waals surface area contributed by atoms with Crippen molar-refractivity contribution in [1.29, 1.82) is 0 Å². The molecule has 0 saturated carbocycles. The highest BCUT2D eigenvalue weighted by molar-refractivity contribution is 5.84. The summed E-state index contributed by atoms with van der Waals surface area (Å²) >= 11 is 0. The summed E-state index contributed by atoms with van der Waals surface area (Å²) in [6.45, 7) is 5.40. The standard InChI is InChI=1S/C21H25N3O/c1-3-22-21(25)15(2)23-13-18(16-9-5-4-6-10-16)19-14-24-20-12-8-7-11-17(19)20/h4-12,14-15,18,23-24H,3,13H2,1-2H3,(H,22,25)/p+1/t15-,18+/m0/s1. The van der Waals surface area contributed by atoms with Crippen LogP contribution in [0.3, 0.4) is 0 Å². The van der Waals surface area contributed by atoms with Gasteiger partial charge in [-0.15, -0.1) is 0 Å². The zero-order valence-corrected chi connectivity index (χ0v) is 14.8. The number of H-pyrrole nitrogens is 1. The molecule has 0 radical (unpaired) electrons. The summed E-state index contributed by atoms with van der Waals surface area (Å²) in [7, 11) is 0. The number of quaternary nitrogens is 1. The first-order chi connectivity index (χ1) is 12.2. The summed E-state index contributed by atoms with van der Waals surface area (Å²) in [6.07, 6.45) is 2.10. The maximum absolute atomic E-state index is 12.0. The van der Waals surface area contributed by atoms with Gasteiger partial charge in [0.1, 0.15) is 0 Å². The van der Waals surface area contributed by atoms with Gasteiger partial charge in [0.05, 0.1) is 12.5 Å². The lowest BCUT2D eigenvalue weighted by atomic mass is 9.90. The Morgan fingerprint density at radius 3 is 2.60 bits per heavy atom. The molecule has 1 heterocycles. The molecule has 2 aromatic carbocycles. The van der Waals surface area contributed by atoms with Crippen molar-refractivity contribution in [3.8, 4) is 0 Å². The predicted octanol–water partition coefficient (Wildman–Crippen LogP) is 2.39. The predicted molar refractivity (Wildman–Crippen MR) is 102 cm³/mol. The molecule has 0 aliphatic rings. The number of fused-ring (bicyclic) bond motifs is 1. The van der Waals surface area contributed by atoms with Crippen molar-refractivity contribution < 1.29 is 10.1 Å². The normalized spacial score (nSPS) is 13.5. The summed E-state index contributed by atoms with van der Waals surface area (Å²) in [5.74, 6) is 0.322. The summed E-state index contributed by atoms with van der Waals surface area (Å²) in [5.41, 5.74) is 3.70. The van der Waals surface area contributed by atoms with Crippen molar-refractivity contribution in [2.45, 2.75) is 25.8 Å². The molecule has 25 heavy (non-hydrogen) atoms. The lowest BCUT2D eigenvalue weighted by molar-refractivity contribution is -0.674. The molecule has 0 aliphatic heterocycles. The molecule has 0 aliphatic carbocycles. The molecule has 4 nitrogen and oxygen atoms in total. The van der Waals surface area contributed by atoms with E-state index in [-0.39, 0.29) is 17.9 Å². The number of para-hydroxylation sites is 1. The number of hydrogen-bond acceptors (Lipinski definition) is 1. The van der Waals surface area contributed by atoms with Gasteiger partial charge >= 0.3 is 0 Å². The number of carbonyl (C=O) groups is 1. The Balaban J connectivity index is 1.88. The minimum atomic E-state index is -0.101. The first kappa shape index (κ1) is 17.2. The van der Waals surface area contributed by atoms with E-state index in [1.807, 2.05) is 26.0 Å². The Labute approximate surface area is 148 Å². The van der Waals surface area contributed by atoms with Crippen LogP contribution in [0.1, 0.15) is 30.9 Å². The fourth-order valence-corrected chi connectivity index (χ4v) is 3.29. The molecule has 2 atom stereocenters. The van der Waals surface area contributed by atoms with E-state index in [0.29, 0.717) is 6.54 Å². The first-order valence-corrected chi connectivity index (χ1v) is 8.92. The van der Waals surface area contributed by atoms with Gasteiger partial charge < -0.3 is 15.6 Å². The SMILES string of the molecule is CCNC(=O)[C@H](C)[NH2+]C[C@H](c1ccccc1)c1c[nH]c2ccccc12. The molecule has 4 heteroatoms. The molecule has 0 unspecified atom stereocenters. The largest absolute Gasteiger partial charge is 0.361 e. The van der Waals surface area contributed by atoms with Crippen molar-refractivity contribution in [3.05, 3.63) is 71.9 Å². The van der Waals surface area contributed by atoms with Crippen LogP contribution in [0.15, 0.2) is 60.8 Å². The molecule has 0 saturated heterocycles. The summed E-state index contributed by atoms with van der Waals surface area (Å²) in [4.78, 5) is 15.4. The Bertz CT molecular complexity index is 825. The fraction of sp³-hybridized carbons (Fsp3) is 0.286. The topological polar surface area (TPSA) is 61.5 Å². The van der Waals surface area contributed by atoms with Gasteiger partial charge in [-0.25, -0.2) is 0 Å². The van der Waals surface area contributed by atoms with Crippen LogP contribution in [0.25, 0.3) is 10.9 Å². The van der Waals surface area contributed by atoms with Gasteiger partial charge in [0.25, 0.3) is 5.91 Å². The van der Waals surface area contributed by atoms with Gasteiger partial charge in [-0.1, -0.05) is 48.5 Å². The smallest absolute Gasteiger partial charge is 0.277 e. The van der Waals surface area contributed by atoms with E-state index in [1.165, 1.54) is 16.5 Å². The third-order valence-electron chi connectivity index (χ3n) is 4.69.